The zero-order chi connectivity index (χ0) is 18.9. The van der Waals surface area contributed by atoms with Gasteiger partial charge < -0.3 is 16.0 Å². The fourth-order valence-corrected chi connectivity index (χ4v) is 3.51. The summed E-state index contributed by atoms with van der Waals surface area (Å²) in [5.41, 5.74) is 3.26. The quantitative estimate of drug-likeness (QED) is 0.672. The fourth-order valence-electron chi connectivity index (χ4n) is 3.51. The van der Waals surface area contributed by atoms with Gasteiger partial charge in [0.25, 0.3) is 0 Å². The van der Waals surface area contributed by atoms with Crippen LogP contribution in [0.3, 0.4) is 0 Å². The number of amides is 1. The molecule has 1 atom stereocenters. The SMILES string of the molecule is Cc1ccc(C(NCCC2CCNCC2)C(=O)NCc2ccncc2)cc1. The van der Waals surface area contributed by atoms with Gasteiger partial charge in [0.1, 0.15) is 6.04 Å². The Morgan fingerprint density at radius 2 is 1.85 bits per heavy atom. The van der Waals surface area contributed by atoms with E-state index in [9.17, 15) is 4.79 Å². The number of nitrogens with one attached hydrogen (secondary N) is 3. The molecule has 0 saturated carbocycles. The van der Waals surface area contributed by atoms with Crippen LogP contribution >= 0.6 is 0 Å². The molecule has 1 saturated heterocycles. The zero-order valence-electron chi connectivity index (χ0n) is 16.1. The Labute approximate surface area is 162 Å². The van der Waals surface area contributed by atoms with Gasteiger partial charge in [-0.2, -0.15) is 0 Å². The van der Waals surface area contributed by atoms with E-state index < -0.39 is 0 Å². The molecule has 1 aliphatic heterocycles. The molecule has 1 fully saturated rings. The molecule has 0 aliphatic carbocycles. The molecule has 3 rings (SSSR count). The van der Waals surface area contributed by atoms with Crippen molar-refractivity contribution >= 4 is 5.91 Å². The van der Waals surface area contributed by atoms with E-state index in [1.54, 1.807) is 12.4 Å². The normalized spacial score (nSPS) is 16.0. The maximum absolute atomic E-state index is 12.9. The number of hydrogen-bond acceptors (Lipinski definition) is 4. The van der Waals surface area contributed by atoms with Crippen LogP contribution in [-0.2, 0) is 11.3 Å². The predicted molar refractivity (Wildman–Crippen MR) is 108 cm³/mol. The van der Waals surface area contributed by atoms with Gasteiger partial charge in [0.2, 0.25) is 5.91 Å². The van der Waals surface area contributed by atoms with Crippen LogP contribution in [0.4, 0.5) is 0 Å². The summed E-state index contributed by atoms with van der Waals surface area (Å²) in [4.78, 5) is 16.9. The lowest BCUT2D eigenvalue weighted by atomic mass is 9.94. The number of nitrogens with zero attached hydrogens (tertiary/aromatic N) is 1. The third-order valence-electron chi connectivity index (χ3n) is 5.25. The van der Waals surface area contributed by atoms with Crippen molar-refractivity contribution in [1.29, 1.82) is 0 Å². The molecule has 0 radical (unpaired) electrons. The number of pyridine rings is 1. The molecule has 5 nitrogen and oxygen atoms in total. The molecule has 0 bridgehead atoms. The number of rotatable bonds is 8. The number of carbonyl (C=O) groups excluding carboxylic acids is 1. The molecule has 2 aromatic rings. The highest BCUT2D eigenvalue weighted by molar-refractivity contribution is 5.83. The van der Waals surface area contributed by atoms with Crippen molar-refractivity contribution in [2.45, 2.75) is 38.8 Å². The van der Waals surface area contributed by atoms with E-state index in [4.69, 9.17) is 0 Å². The van der Waals surface area contributed by atoms with Crippen LogP contribution in [0, 0.1) is 12.8 Å². The first-order chi connectivity index (χ1) is 13.2. The molecular weight excluding hydrogens is 336 g/mol. The summed E-state index contributed by atoms with van der Waals surface area (Å²) in [5.74, 6) is 0.762. The summed E-state index contributed by atoms with van der Waals surface area (Å²) < 4.78 is 0. The first-order valence-electron chi connectivity index (χ1n) is 9.89. The van der Waals surface area contributed by atoms with Crippen molar-refractivity contribution in [3.63, 3.8) is 0 Å². The molecular formula is C22H30N4O. The van der Waals surface area contributed by atoms with Gasteiger partial charge in [-0.25, -0.2) is 0 Å². The molecule has 3 N–H and O–H groups in total. The van der Waals surface area contributed by atoms with E-state index in [1.165, 1.54) is 18.4 Å². The second-order valence-electron chi connectivity index (χ2n) is 7.35. The third-order valence-corrected chi connectivity index (χ3v) is 5.25. The number of carbonyl (C=O) groups is 1. The first kappa shape index (κ1) is 19.5. The number of aryl methyl sites for hydroxylation is 1. The fraction of sp³-hybridized carbons (Fsp3) is 0.455. The summed E-state index contributed by atoms with van der Waals surface area (Å²) in [6.07, 6.45) is 7.06. The standard InChI is InChI=1S/C22H30N4O/c1-17-2-4-20(5-3-17)21(25-15-10-18-6-11-23-12-7-18)22(27)26-16-19-8-13-24-14-9-19/h2-5,8-9,13-14,18,21,23,25H,6-7,10-12,15-16H2,1H3,(H,26,27). The minimum Gasteiger partial charge on any atom is -0.350 e. The van der Waals surface area contributed by atoms with Gasteiger partial charge in [-0.1, -0.05) is 29.8 Å². The Hall–Kier alpha value is -2.24. The van der Waals surface area contributed by atoms with Crippen LogP contribution in [0.1, 0.15) is 42.0 Å². The number of piperidine rings is 1. The first-order valence-corrected chi connectivity index (χ1v) is 9.89. The topological polar surface area (TPSA) is 66.0 Å². The highest BCUT2D eigenvalue weighted by Gasteiger charge is 2.21. The zero-order valence-corrected chi connectivity index (χ0v) is 16.1. The van der Waals surface area contributed by atoms with Crippen molar-refractivity contribution in [3.8, 4) is 0 Å². The monoisotopic (exact) mass is 366 g/mol. The van der Waals surface area contributed by atoms with Crippen LogP contribution in [-0.4, -0.2) is 30.5 Å². The molecule has 0 spiro atoms. The van der Waals surface area contributed by atoms with Crippen LogP contribution in [0.15, 0.2) is 48.8 Å². The van der Waals surface area contributed by atoms with Gasteiger partial charge in [-0.3, -0.25) is 9.78 Å². The maximum atomic E-state index is 12.9. The lowest BCUT2D eigenvalue weighted by molar-refractivity contribution is -0.123. The van der Waals surface area contributed by atoms with E-state index in [2.05, 4.69) is 40.0 Å². The van der Waals surface area contributed by atoms with Crippen LogP contribution in [0.2, 0.25) is 0 Å². The second kappa shape index (κ2) is 10.2. The highest BCUT2D eigenvalue weighted by atomic mass is 16.2. The molecule has 1 aliphatic rings. The van der Waals surface area contributed by atoms with Crippen LogP contribution in [0.25, 0.3) is 0 Å². The Balaban J connectivity index is 1.59. The van der Waals surface area contributed by atoms with Crippen molar-refractivity contribution in [1.82, 2.24) is 20.9 Å². The van der Waals surface area contributed by atoms with Gasteiger partial charge in [-0.15, -0.1) is 0 Å². The summed E-state index contributed by atoms with van der Waals surface area (Å²) in [7, 11) is 0. The smallest absolute Gasteiger partial charge is 0.242 e. The lowest BCUT2D eigenvalue weighted by Gasteiger charge is -2.24. The summed E-state index contributed by atoms with van der Waals surface area (Å²) >= 11 is 0. The van der Waals surface area contributed by atoms with Crippen molar-refractivity contribution in [3.05, 3.63) is 65.5 Å². The minimum atomic E-state index is -0.325. The summed E-state index contributed by atoms with van der Waals surface area (Å²) in [6.45, 7) is 5.65. The molecule has 1 aromatic carbocycles. The van der Waals surface area contributed by atoms with E-state index in [1.807, 2.05) is 24.3 Å². The highest BCUT2D eigenvalue weighted by Crippen LogP contribution is 2.18. The Kier molecular flexibility index (Phi) is 7.36. The molecule has 2 heterocycles. The maximum Gasteiger partial charge on any atom is 0.242 e. The van der Waals surface area contributed by atoms with Crippen molar-refractivity contribution < 1.29 is 4.79 Å². The van der Waals surface area contributed by atoms with E-state index in [0.29, 0.717) is 6.54 Å². The summed E-state index contributed by atoms with van der Waals surface area (Å²) in [6, 6.07) is 11.7. The molecule has 1 aromatic heterocycles. The Morgan fingerprint density at radius 3 is 2.56 bits per heavy atom. The van der Waals surface area contributed by atoms with Gasteiger partial charge in [-0.05, 0) is 75.0 Å². The van der Waals surface area contributed by atoms with Gasteiger partial charge in [0, 0.05) is 18.9 Å². The molecule has 1 unspecified atom stereocenters. The number of aromatic nitrogens is 1. The lowest BCUT2D eigenvalue weighted by Crippen LogP contribution is -2.38. The number of hydrogen-bond donors (Lipinski definition) is 3. The Morgan fingerprint density at radius 1 is 1.15 bits per heavy atom. The van der Waals surface area contributed by atoms with Gasteiger partial charge >= 0.3 is 0 Å². The Bertz CT molecular complexity index is 696. The molecule has 5 heteroatoms. The van der Waals surface area contributed by atoms with E-state index in [-0.39, 0.29) is 11.9 Å². The van der Waals surface area contributed by atoms with E-state index in [0.717, 1.165) is 43.1 Å². The molecule has 1 amide bonds. The molecule has 27 heavy (non-hydrogen) atoms. The van der Waals surface area contributed by atoms with Crippen LogP contribution in [0.5, 0.6) is 0 Å². The minimum absolute atomic E-state index is 0.0148. The average Bonchev–Trinajstić information content (AvgIpc) is 2.72. The molecule has 144 valence electrons. The van der Waals surface area contributed by atoms with Gasteiger partial charge in [0.05, 0.1) is 0 Å². The average molecular weight is 367 g/mol. The van der Waals surface area contributed by atoms with Crippen molar-refractivity contribution in [2.24, 2.45) is 5.92 Å². The van der Waals surface area contributed by atoms with Gasteiger partial charge in [0.15, 0.2) is 0 Å². The predicted octanol–water partition coefficient (Wildman–Crippen LogP) is 2.73. The largest absolute Gasteiger partial charge is 0.350 e. The van der Waals surface area contributed by atoms with Crippen LogP contribution < -0.4 is 16.0 Å². The number of benzene rings is 1. The van der Waals surface area contributed by atoms with E-state index >= 15 is 0 Å². The third kappa shape index (κ3) is 6.15. The van der Waals surface area contributed by atoms with Crippen molar-refractivity contribution in [2.75, 3.05) is 19.6 Å². The second-order valence-corrected chi connectivity index (χ2v) is 7.35. The summed E-state index contributed by atoms with van der Waals surface area (Å²) in [5, 5.41) is 9.96.